The molecule has 4 heteroatoms. The van der Waals surface area contributed by atoms with Gasteiger partial charge in [0, 0.05) is 25.7 Å². The molecular formula is C14H21N3O. The number of urea groups is 1. The van der Waals surface area contributed by atoms with Gasteiger partial charge in [-0.15, -0.1) is 0 Å². The van der Waals surface area contributed by atoms with Crippen molar-refractivity contribution in [3.8, 4) is 0 Å². The molecule has 18 heavy (non-hydrogen) atoms. The quantitative estimate of drug-likeness (QED) is 0.834. The van der Waals surface area contributed by atoms with Crippen LogP contribution in [-0.2, 0) is 13.1 Å². The SMILES string of the molecule is CCC[C@H]1CN(Cc2ccc(CN)cc2)C(=O)N1. The topological polar surface area (TPSA) is 58.4 Å². The zero-order valence-corrected chi connectivity index (χ0v) is 10.9. The van der Waals surface area contributed by atoms with E-state index in [0.29, 0.717) is 19.1 Å². The van der Waals surface area contributed by atoms with E-state index in [1.807, 2.05) is 29.2 Å². The molecule has 1 fully saturated rings. The van der Waals surface area contributed by atoms with Crippen molar-refractivity contribution in [3.63, 3.8) is 0 Å². The van der Waals surface area contributed by atoms with Crippen LogP contribution in [0.2, 0.25) is 0 Å². The van der Waals surface area contributed by atoms with Gasteiger partial charge in [0.1, 0.15) is 0 Å². The molecule has 3 N–H and O–H groups in total. The molecule has 1 heterocycles. The standard InChI is InChI=1S/C14H21N3O/c1-2-3-13-10-17(14(18)16-13)9-12-6-4-11(8-15)5-7-12/h4-7,13H,2-3,8-10,15H2,1H3,(H,16,18)/t13-/m0/s1. The average molecular weight is 247 g/mol. The van der Waals surface area contributed by atoms with Crippen molar-refractivity contribution < 1.29 is 4.79 Å². The van der Waals surface area contributed by atoms with Crippen molar-refractivity contribution in [1.29, 1.82) is 0 Å². The molecule has 2 amide bonds. The predicted octanol–water partition coefficient (Wildman–Crippen LogP) is 1.84. The largest absolute Gasteiger partial charge is 0.333 e. The number of carbonyl (C=O) groups is 1. The van der Waals surface area contributed by atoms with Crippen molar-refractivity contribution in [2.45, 2.75) is 38.9 Å². The van der Waals surface area contributed by atoms with Crippen molar-refractivity contribution >= 4 is 6.03 Å². The number of carbonyl (C=O) groups excluding carboxylic acids is 1. The zero-order chi connectivity index (χ0) is 13.0. The van der Waals surface area contributed by atoms with Gasteiger partial charge in [-0.3, -0.25) is 0 Å². The van der Waals surface area contributed by atoms with Gasteiger partial charge < -0.3 is 16.0 Å². The van der Waals surface area contributed by atoms with Crippen LogP contribution in [0.4, 0.5) is 4.79 Å². The Labute approximate surface area is 108 Å². The molecule has 4 nitrogen and oxygen atoms in total. The van der Waals surface area contributed by atoms with Crippen LogP contribution >= 0.6 is 0 Å². The van der Waals surface area contributed by atoms with Gasteiger partial charge >= 0.3 is 6.03 Å². The highest BCUT2D eigenvalue weighted by Gasteiger charge is 2.27. The van der Waals surface area contributed by atoms with Crippen LogP contribution in [-0.4, -0.2) is 23.5 Å². The lowest BCUT2D eigenvalue weighted by Crippen LogP contribution is -2.28. The molecule has 0 aliphatic carbocycles. The molecule has 1 aliphatic heterocycles. The fourth-order valence-corrected chi connectivity index (χ4v) is 2.31. The molecule has 1 atom stereocenters. The molecule has 2 rings (SSSR count). The van der Waals surface area contributed by atoms with E-state index >= 15 is 0 Å². The summed E-state index contributed by atoms with van der Waals surface area (Å²) in [5, 5.41) is 3.01. The minimum atomic E-state index is 0.0522. The van der Waals surface area contributed by atoms with Crippen LogP contribution in [0.15, 0.2) is 24.3 Å². The summed E-state index contributed by atoms with van der Waals surface area (Å²) in [7, 11) is 0. The van der Waals surface area contributed by atoms with Crippen LogP contribution in [0.25, 0.3) is 0 Å². The van der Waals surface area contributed by atoms with Crippen LogP contribution in [0.3, 0.4) is 0 Å². The van der Waals surface area contributed by atoms with E-state index < -0.39 is 0 Å². The first-order chi connectivity index (χ1) is 8.72. The fourth-order valence-electron chi connectivity index (χ4n) is 2.31. The molecule has 0 unspecified atom stereocenters. The molecular weight excluding hydrogens is 226 g/mol. The molecule has 0 radical (unpaired) electrons. The maximum atomic E-state index is 11.8. The minimum absolute atomic E-state index is 0.0522. The summed E-state index contributed by atoms with van der Waals surface area (Å²) in [6.45, 7) is 4.19. The van der Waals surface area contributed by atoms with Crippen LogP contribution in [0.1, 0.15) is 30.9 Å². The molecule has 1 aromatic carbocycles. The smallest absolute Gasteiger partial charge is 0.318 e. The third-order valence-electron chi connectivity index (χ3n) is 3.32. The number of nitrogens with two attached hydrogens (primary N) is 1. The summed E-state index contributed by atoms with van der Waals surface area (Å²) >= 11 is 0. The first kappa shape index (κ1) is 12.9. The second-order valence-corrected chi connectivity index (χ2v) is 4.84. The van der Waals surface area contributed by atoms with Gasteiger partial charge in [0.15, 0.2) is 0 Å². The van der Waals surface area contributed by atoms with E-state index in [0.717, 1.165) is 30.5 Å². The van der Waals surface area contributed by atoms with Crippen molar-refractivity contribution in [2.24, 2.45) is 5.73 Å². The normalized spacial score (nSPS) is 19.1. The number of nitrogens with one attached hydrogen (secondary N) is 1. The minimum Gasteiger partial charge on any atom is -0.333 e. The lowest BCUT2D eigenvalue weighted by molar-refractivity contribution is 0.215. The van der Waals surface area contributed by atoms with E-state index in [-0.39, 0.29) is 6.03 Å². The highest BCUT2D eigenvalue weighted by atomic mass is 16.2. The third-order valence-corrected chi connectivity index (χ3v) is 3.32. The summed E-state index contributed by atoms with van der Waals surface area (Å²) in [5.41, 5.74) is 7.83. The van der Waals surface area contributed by atoms with Gasteiger partial charge in [0.2, 0.25) is 0 Å². The predicted molar refractivity (Wildman–Crippen MR) is 72.0 cm³/mol. The third kappa shape index (κ3) is 3.01. The summed E-state index contributed by atoms with van der Waals surface area (Å²) in [4.78, 5) is 13.7. The maximum absolute atomic E-state index is 11.8. The van der Waals surface area contributed by atoms with E-state index in [9.17, 15) is 4.79 Å². The zero-order valence-electron chi connectivity index (χ0n) is 10.9. The summed E-state index contributed by atoms with van der Waals surface area (Å²) in [6, 6.07) is 8.49. The molecule has 0 aromatic heterocycles. The molecule has 1 aromatic rings. The van der Waals surface area contributed by atoms with E-state index in [1.54, 1.807) is 0 Å². The van der Waals surface area contributed by atoms with Gasteiger partial charge in [0.25, 0.3) is 0 Å². The Morgan fingerprint density at radius 1 is 1.33 bits per heavy atom. The summed E-state index contributed by atoms with van der Waals surface area (Å²) < 4.78 is 0. The van der Waals surface area contributed by atoms with Crippen LogP contribution in [0.5, 0.6) is 0 Å². The van der Waals surface area contributed by atoms with Crippen LogP contribution in [0, 0.1) is 0 Å². The number of benzene rings is 1. The molecule has 1 saturated heterocycles. The first-order valence-electron chi connectivity index (χ1n) is 6.56. The Morgan fingerprint density at radius 2 is 2.00 bits per heavy atom. The second-order valence-electron chi connectivity index (χ2n) is 4.84. The average Bonchev–Trinajstić information content (AvgIpc) is 2.71. The highest BCUT2D eigenvalue weighted by molar-refractivity contribution is 5.76. The number of rotatable bonds is 5. The lowest BCUT2D eigenvalue weighted by atomic mass is 10.1. The first-order valence-corrected chi connectivity index (χ1v) is 6.56. The Kier molecular flexibility index (Phi) is 4.20. The summed E-state index contributed by atoms with van der Waals surface area (Å²) in [6.07, 6.45) is 2.15. The van der Waals surface area contributed by atoms with Crippen molar-refractivity contribution in [1.82, 2.24) is 10.2 Å². The van der Waals surface area contributed by atoms with Gasteiger partial charge in [-0.2, -0.15) is 0 Å². The fraction of sp³-hybridized carbons (Fsp3) is 0.500. The number of hydrogen-bond acceptors (Lipinski definition) is 2. The van der Waals surface area contributed by atoms with Gasteiger partial charge in [-0.05, 0) is 17.5 Å². The highest BCUT2D eigenvalue weighted by Crippen LogP contribution is 2.13. The van der Waals surface area contributed by atoms with E-state index in [1.165, 1.54) is 0 Å². The Hall–Kier alpha value is -1.55. The lowest BCUT2D eigenvalue weighted by Gasteiger charge is -2.14. The molecule has 1 aliphatic rings. The molecule has 0 saturated carbocycles. The number of hydrogen-bond donors (Lipinski definition) is 2. The Balaban J connectivity index is 1.94. The number of nitrogens with zero attached hydrogens (tertiary/aromatic N) is 1. The maximum Gasteiger partial charge on any atom is 0.318 e. The van der Waals surface area contributed by atoms with Gasteiger partial charge in [0.05, 0.1) is 0 Å². The molecule has 98 valence electrons. The Bertz CT molecular complexity index is 402. The van der Waals surface area contributed by atoms with E-state index in [2.05, 4.69) is 12.2 Å². The number of amides is 2. The van der Waals surface area contributed by atoms with Crippen LogP contribution < -0.4 is 11.1 Å². The molecule has 0 spiro atoms. The second kappa shape index (κ2) is 5.87. The van der Waals surface area contributed by atoms with Crippen molar-refractivity contribution in [2.75, 3.05) is 6.54 Å². The molecule has 0 bridgehead atoms. The van der Waals surface area contributed by atoms with Gasteiger partial charge in [-0.1, -0.05) is 37.6 Å². The van der Waals surface area contributed by atoms with Crippen molar-refractivity contribution in [3.05, 3.63) is 35.4 Å². The Morgan fingerprint density at radius 3 is 2.61 bits per heavy atom. The van der Waals surface area contributed by atoms with E-state index in [4.69, 9.17) is 5.73 Å². The monoisotopic (exact) mass is 247 g/mol. The summed E-state index contributed by atoms with van der Waals surface area (Å²) in [5.74, 6) is 0. The van der Waals surface area contributed by atoms with Gasteiger partial charge in [-0.25, -0.2) is 4.79 Å².